The predicted molar refractivity (Wildman–Crippen MR) is 72.9 cm³/mol. The summed E-state index contributed by atoms with van der Waals surface area (Å²) in [6.45, 7) is 0.354. The number of rotatable bonds is 6. The third kappa shape index (κ3) is 4.33. The Morgan fingerprint density at radius 1 is 1.32 bits per heavy atom. The monoisotopic (exact) mass is 282 g/mol. The molecule has 0 aliphatic heterocycles. The quantitative estimate of drug-likeness (QED) is 0.748. The highest BCUT2D eigenvalue weighted by molar-refractivity contribution is 7.89. The van der Waals surface area contributed by atoms with Crippen molar-refractivity contribution in [1.29, 1.82) is 0 Å². The molecule has 0 saturated heterocycles. The van der Waals surface area contributed by atoms with Crippen molar-refractivity contribution in [2.75, 3.05) is 12.3 Å². The van der Waals surface area contributed by atoms with Gasteiger partial charge in [0.25, 0.3) is 0 Å². The highest BCUT2D eigenvalue weighted by Gasteiger charge is 2.43. The molecule has 0 heterocycles. The predicted octanol–water partition coefficient (Wildman–Crippen LogP) is 0.585. The molecule has 1 aromatic rings. The number of nitrogens with two attached hydrogens (primary N) is 1. The minimum absolute atomic E-state index is 0.00303. The normalized spacial score (nSPS) is 21.9. The molecule has 2 rings (SSSR count). The summed E-state index contributed by atoms with van der Waals surface area (Å²) in [6.07, 6.45) is 1.22. The average Bonchev–Trinajstić information content (AvgIpc) is 3.14. The standard InChI is InChI=1S/C13H18N2O3S/c14-19(17,18)8-4-7-15-13(16)12-9-11(12)10-5-2-1-3-6-10/h1-3,5-6,11-12H,4,7-9H2,(H,15,16)(H2,14,17,18). The molecule has 1 aromatic carbocycles. The molecule has 0 aromatic heterocycles. The molecule has 0 spiro atoms. The largest absolute Gasteiger partial charge is 0.356 e. The van der Waals surface area contributed by atoms with Gasteiger partial charge in [-0.2, -0.15) is 0 Å². The molecular formula is C13H18N2O3S. The first-order valence-corrected chi connectivity index (χ1v) is 8.02. The maximum absolute atomic E-state index is 11.8. The highest BCUT2D eigenvalue weighted by Crippen LogP contribution is 2.47. The van der Waals surface area contributed by atoms with Crippen LogP contribution in [0.3, 0.4) is 0 Å². The number of hydrogen-bond donors (Lipinski definition) is 2. The first-order valence-electron chi connectivity index (χ1n) is 6.30. The smallest absolute Gasteiger partial charge is 0.223 e. The van der Waals surface area contributed by atoms with E-state index in [1.807, 2.05) is 30.3 Å². The summed E-state index contributed by atoms with van der Waals surface area (Å²) >= 11 is 0. The second-order valence-electron chi connectivity index (χ2n) is 4.87. The molecule has 104 valence electrons. The Kier molecular flexibility index (Phi) is 4.21. The summed E-state index contributed by atoms with van der Waals surface area (Å²) in [5.41, 5.74) is 1.19. The lowest BCUT2D eigenvalue weighted by atomic mass is 10.1. The van der Waals surface area contributed by atoms with Crippen LogP contribution in [-0.4, -0.2) is 26.6 Å². The number of carbonyl (C=O) groups excluding carboxylic acids is 1. The van der Waals surface area contributed by atoms with E-state index in [0.717, 1.165) is 6.42 Å². The van der Waals surface area contributed by atoms with Gasteiger partial charge in [-0.25, -0.2) is 13.6 Å². The van der Waals surface area contributed by atoms with E-state index in [1.54, 1.807) is 0 Å². The topological polar surface area (TPSA) is 89.3 Å². The zero-order chi connectivity index (χ0) is 13.9. The number of sulfonamides is 1. The first-order chi connectivity index (χ1) is 8.97. The molecule has 3 N–H and O–H groups in total. The molecule has 2 unspecified atom stereocenters. The van der Waals surface area contributed by atoms with E-state index in [0.29, 0.717) is 18.9 Å². The Hall–Kier alpha value is -1.40. The number of amides is 1. The SMILES string of the molecule is NS(=O)(=O)CCCNC(=O)C1CC1c1ccccc1. The van der Waals surface area contributed by atoms with Crippen molar-refractivity contribution in [1.82, 2.24) is 5.32 Å². The van der Waals surface area contributed by atoms with Gasteiger partial charge in [0.15, 0.2) is 0 Å². The summed E-state index contributed by atoms with van der Waals surface area (Å²) in [5, 5.41) is 7.64. The zero-order valence-corrected chi connectivity index (χ0v) is 11.4. The molecule has 0 bridgehead atoms. The number of carbonyl (C=O) groups is 1. The number of nitrogens with one attached hydrogen (secondary N) is 1. The lowest BCUT2D eigenvalue weighted by Gasteiger charge is -2.04. The molecule has 0 radical (unpaired) electrons. The van der Waals surface area contributed by atoms with Gasteiger partial charge in [0.05, 0.1) is 5.75 Å². The van der Waals surface area contributed by atoms with Crippen molar-refractivity contribution in [2.24, 2.45) is 11.1 Å². The van der Waals surface area contributed by atoms with Gasteiger partial charge in [-0.05, 0) is 24.3 Å². The molecular weight excluding hydrogens is 264 g/mol. The average molecular weight is 282 g/mol. The first kappa shape index (κ1) is 14.0. The molecule has 1 aliphatic rings. The second kappa shape index (κ2) is 5.71. The van der Waals surface area contributed by atoms with Crippen molar-refractivity contribution in [2.45, 2.75) is 18.8 Å². The van der Waals surface area contributed by atoms with E-state index in [-0.39, 0.29) is 17.6 Å². The number of benzene rings is 1. The summed E-state index contributed by atoms with van der Waals surface area (Å²) < 4.78 is 21.4. The van der Waals surface area contributed by atoms with Crippen molar-refractivity contribution in [3.63, 3.8) is 0 Å². The van der Waals surface area contributed by atoms with Crippen LogP contribution in [0.15, 0.2) is 30.3 Å². The molecule has 1 aliphatic carbocycles. The number of hydrogen-bond acceptors (Lipinski definition) is 3. The van der Waals surface area contributed by atoms with Crippen molar-refractivity contribution < 1.29 is 13.2 Å². The highest BCUT2D eigenvalue weighted by atomic mass is 32.2. The van der Waals surface area contributed by atoms with Gasteiger partial charge in [0.2, 0.25) is 15.9 Å². The van der Waals surface area contributed by atoms with Gasteiger partial charge in [0, 0.05) is 12.5 Å². The maximum Gasteiger partial charge on any atom is 0.223 e. The fraction of sp³-hybridized carbons (Fsp3) is 0.462. The fourth-order valence-electron chi connectivity index (χ4n) is 2.17. The Morgan fingerprint density at radius 3 is 2.63 bits per heavy atom. The van der Waals surface area contributed by atoms with Crippen molar-refractivity contribution in [3.8, 4) is 0 Å². The van der Waals surface area contributed by atoms with Gasteiger partial charge < -0.3 is 5.32 Å². The van der Waals surface area contributed by atoms with Crippen LogP contribution < -0.4 is 10.5 Å². The Bertz CT molecular complexity index is 542. The van der Waals surface area contributed by atoms with Gasteiger partial charge in [-0.15, -0.1) is 0 Å². The molecule has 1 amide bonds. The van der Waals surface area contributed by atoms with Crippen LogP contribution in [0.25, 0.3) is 0 Å². The van der Waals surface area contributed by atoms with E-state index in [9.17, 15) is 13.2 Å². The fourth-order valence-corrected chi connectivity index (χ4v) is 2.72. The second-order valence-corrected chi connectivity index (χ2v) is 6.60. The summed E-state index contributed by atoms with van der Waals surface area (Å²) in [6, 6.07) is 9.94. The van der Waals surface area contributed by atoms with Crippen LogP contribution in [0, 0.1) is 5.92 Å². The van der Waals surface area contributed by atoms with Crippen LogP contribution in [0.1, 0.15) is 24.3 Å². The van der Waals surface area contributed by atoms with Gasteiger partial charge in [-0.3, -0.25) is 4.79 Å². The maximum atomic E-state index is 11.8. The Labute approximate surface area is 113 Å². The van der Waals surface area contributed by atoms with Crippen LogP contribution in [-0.2, 0) is 14.8 Å². The lowest BCUT2D eigenvalue weighted by molar-refractivity contribution is -0.122. The summed E-state index contributed by atoms with van der Waals surface area (Å²) in [4.78, 5) is 11.8. The van der Waals surface area contributed by atoms with Gasteiger partial charge >= 0.3 is 0 Å². The van der Waals surface area contributed by atoms with E-state index >= 15 is 0 Å². The van der Waals surface area contributed by atoms with Crippen LogP contribution in [0.2, 0.25) is 0 Å². The molecule has 19 heavy (non-hydrogen) atoms. The molecule has 1 saturated carbocycles. The van der Waals surface area contributed by atoms with E-state index in [4.69, 9.17) is 5.14 Å². The van der Waals surface area contributed by atoms with Crippen molar-refractivity contribution in [3.05, 3.63) is 35.9 Å². The Balaban J connectivity index is 1.72. The lowest BCUT2D eigenvalue weighted by Crippen LogP contribution is -2.28. The minimum atomic E-state index is -3.43. The van der Waals surface area contributed by atoms with E-state index in [1.165, 1.54) is 5.56 Å². The summed E-state index contributed by atoms with van der Waals surface area (Å²) in [5.74, 6) is 0.236. The Morgan fingerprint density at radius 2 is 2.00 bits per heavy atom. The molecule has 1 fully saturated rings. The van der Waals surface area contributed by atoms with Crippen LogP contribution in [0.5, 0.6) is 0 Å². The molecule has 6 heteroatoms. The van der Waals surface area contributed by atoms with Crippen molar-refractivity contribution >= 4 is 15.9 Å². The van der Waals surface area contributed by atoms with Crippen LogP contribution >= 0.6 is 0 Å². The van der Waals surface area contributed by atoms with Crippen LogP contribution in [0.4, 0.5) is 0 Å². The third-order valence-corrected chi connectivity index (χ3v) is 4.12. The van der Waals surface area contributed by atoms with E-state index in [2.05, 4.69) is 5.32 Å². The minimum Gasteiger partial charge on any atom is -0.356 e. The number of primary sulfonamides is 1. The van der Waals surface area contributed by atoms with Gasteiger partial charge in [0.1, 0.15) is 0 Å². The third-order valence-electron chi connectivity index (χ3n) is 3.26. The molecule has 5 nitrogen and oxygen atoms in total. The van der Waals surface area contributed by atoms with E-state index < -0.39 is 10.0 Å². The summed E-state index contributed by atoms with van der Waals surface area (Å²) in [7, 11) is -3.43. The van der Waals surface area contributed by atoms with Gasteiger partial charge in [-0.1, -0.05) is 30.3 Å². The molecule has 2 atom stereocenters. The zero-order valence-electron chi connectivity index (χ0n) is 10.6.